The molecule has 394 valence electrons. The van der Waals surface area contributed by atoms with Gasteiger partial charge in [0, 0.05) is 12.5 Å². The van der Waals surface area contributed by atoms with Gasteiger partial charge in [0.1, 0.15) is 31.0 Å². The Bertz CT molecular complexity index is 2820. The number of benzene rings is 7. The van der Waals surface area contributed by atoms with Gasteiger partial charge < -0.3 is 33.2 Å². The molecular weight excluding hydrogens is 967 g/mol. The van der Waals surface area contributed by atoms with Crippen molar-refractivity contribution in [2.45, 2.75) is 95.4 Å². The van der Waals surface area contributed by atoms with Crippen LogP contribution in [0.4, 0.5) is 4.79 Å². The number of esters is 1. The number of carbonyl (C=O) groups excluding carboxylic acids is 2. The maximum absolute atomic E-state index is 15.2. The minimum Gasteiger partial charge on any atom is -0.466 e. The van der Waals surface area contributed by atoms with Crippen molar-refractivity contribution in [1.82, 2.24) is 4.90 Å². The number of aliphatic hydroxyl groups excluding tert-OH is 1. The maximum atomic E-state index is 15.2. The van der Waals surface area contributed by atoms with Crippen LogP contribution in [0, 0.1) is 0 Å². The SMILES string of the molecule is C=CCN(C(=O)OCC1c2ccccc2-c2ccccc21)[C@H](CC(=O)OCC)[C@H](OCc1ccccc1)[C@@H](OCc1ccccc1)[C@H](OCc1ccccc1)[C@H](O)CO[Si](c1ccccc1)(c1ccccc1)C(C)(C)C. The van der Waals surface area contributed by atoms with Gasteiger partial charge in [-0.15, -0.1) is 6.58 Å². The van der Waals surface area contributed by atoms with Gasteiger partial charge in [-0.3, -0.25) is 9.69 Å². The van der Waals surface area contributed by atoms with Crippen molar-refractivity contribution < 1.29 is 42.8 Å². The monoisotopic (exact) mass is 1040 g/mol. The Morgan fingerprint density at radius 1 is 0.592 bits per heavy atom. The predicted octanol–water partition coefficient (Wildman–Crippen LogP) is 11.4. The van der Waals surface area contributed by atoms with E-state index in [0.717, 1.165) is 49.3 Å². The smallest absolute Gasteiger partial charge is 0.410 e. The van der Waals surface area contributed by atoms with E-state index in [1.54, 1.807) is 13.0 Å². The van der Waals surface area contributed by atoms with Gasteiger partial charge in [-0.05, 0) is 61.3 Å². The number of hydrogen-bond donors (Lipinski definition) is 1. The van der Waals surface area contributed by atoms with Gasteiger partial charge in [-0.1, -0.05) is 227 Å². The summed E-state index contributed by atoms with van der Waals surface area (Å²) in [4.78, 5) is 30.8. The number of ether oxygens (including phenoxy) is 5. The molecule has 1 aliphatic rings. The molecule has 5 atom stereocenters. The van der Waals surface area contributed by atoms with Gasteiger partial charge in [-0.2, -0.15) is 0 Å². The molecule has 0 saturated carbocycles. The van der Waals surface area contributed by atoms with E-state index in [9.17, 15) is 9.90 Å². The molecule has 10 nitrogen and oxygen atoms in total. The maximum Gasteiger partial charge on any atom is 0.410 e. The molecule has 8 rings (SSSR count). The second kappa shape index (κ2) is 26.7. The van der Waals surface area contributed by atoms with E-state index in [0.29, 0.717) is 0 Å². The lowest BCUT2D eigenvalue weighted by atomic mass is 9.93. The van der Waals surface area contributed by atoms with Crippen LogP contribution in [0.1, 0.15) is 67.9 Å². The summed E-state index contributed by atoms with van der Waals surface area (Å²) in [5, 5.41) is 14.9. The van der Waals surface area contributed by atoms with Crippen LogP contribution in [0.15, 0.2) is 213 Å². The first kappa shape index (κ1) is 55.3. The normalized spacial score (nSPS) is 14.3. The number of aliphatic hydroxyl groups is 1. The molecule has 0 saturated heterocycles. The fourth-order valence-electron chi connectivity index (χ4n) is 10.5. The molecule has 1 aliphatic carbocycles. The van der Waals surface area contributed by atoms with Crippen LogP contribution in [0.5, 0.6) is 0 Å². The molecule has 0 bridgehead atoms. The lowest BCUT2D eigenvalue weighted by Gasteiger charge is -2.45. The highest BCUT2D eigenvalue weighted by Crippen LogP contribution is 2.45. The van der Waals surface area contributed by atoms with Crippen molar-refractivity contribution in [3.63, 3.8) is 0 Å². The summed E-state index contributed by atoms with van der Waals surface area (Å²) in [7, 11) is -3.23. The van der Waals surface area contributed by atoms with E-state index in [-0.39, 0.29) is 58.5 Å². The van der Waals surface area contributed by atoms with Crippen LogP contribution in [0.2, 0.25) is 5.04 Å². The standard InChI is InChI=1S/C65H71NO9Si/c1-6-41-66(64(69)74-46-57-55-39-25-23-37-53(55)54-38-24-26-40-56(54)57)58(42-60(68)70-7-2)61(71-43-48-27-13-8-14-28-48)63(73-45-50-31-17-10-18-32-50)62(72-44-49-29-15-9-16-30-49)59(67)47-75-76(65(3,4)5,51-33-19-11-20-34-51)52-35-21-12-22-36-52/h6,8-40,57-59,61-63,67H,1,7,41-47H2,2-5H3/t58-,59-,61+,62-,63-/m1/s1. The molecule has 0 unspecified atom stereocenters. The van der Waals surface area contributed by atoms with Crippen LogP contribution in [0.3, 0.4) is 0 Å². The molecule has 0 aliphatic heterocycles. The van der Waals surface area contributed by atoms with Crippen LogP contribution in [-0.2, 0) is 52.7 Å². The van der Waals surface area contributed by atoms with E-state index in [1.807, 2.05) is 152 Å². The Balaban J connectivity index is 1.24. The largest absolute Gasteiger partial charge is 0.466 e. The minimum atomic E-state index is -3.23. The van der Waals surface area contributed by atoms with Gasteiger partial charge in [0.05, 0.1) is 45.5 Å². The first-order chi connectivity index (χ1) is 37.0. The highest BCUT2D eigenvalue weighted by atomic mass is 28.4. The van der Waals surface area contributed by atoms with Crippen molar-refractivity contribution >= 4 is 30.8 Å². The number of hydrogen-bond acceptors (Lipinski definition) is 9. The van der Waals surface area contributed by atoms with Gasteiger partial charge >= 0.3 is 12.1 Å². The van der Waals surface area contributed by atoms with E-state index in [4.69, 9.17) is 28.1 Å². The summed E-state index contributed by atoms with van der Waals surface area (Å²) in [5.41, 5.74) is 6.82. The molecule has 0 fully saturated rings. The van der Waals surface area contributed by atoms with Gasteiger partial charge in [0.2, 0.25) is 0 Å². The molecule has 1 N–H and O–H groups in total. The summed E-state index contributed by atoms with van der Waals surface area (Å²) >= 11 is 0. The lowest BCUT2D eigenvalue weighted by Crippen LogP contribution is -2.67. The Morgan fingerprint density at radius 3 is 1.46 bits per heavy atom. The Hall–Kier alpha value is -6.96. The number of rotatable bonds is 26. The van der Waals surface area contributed by atoms with E-state index < -0.39 is 55.9 Å². The van der Waals surface area contributed by atoms with E-state index in [1.165, 1.54) is 4.90 Å². The third-order valence-electron chi connectivity index (χ3n) is 14.1. The summed E-state index contributed by atoms with van der Waals surface area (Å²) in [6.45, 7) is 12.5. The number of nitrogens with zero attached hydrogens (tertiary/aromatic N) is 1. The van der Waals surface area contributed by atoms with E-state index >= 15 is 4.79 Å². The van der Waals surface area contributed by atoms with E-state index in [2.05, 4.69) is 75.9 Å². The molecule has 7 aromatic carbocycles. The van der Waals surface area contributed by atoms with Crippen molar-refractivity contribution in [2.75, 3.05) is 26.4 Å². The van der Waals surface area contributed by atoms with Crippen molar-refractivity contribution in [3.05, 3.63) is 241 Å². The third kappa shape index (κ3) is 13.3. The highest BCUT2D eigenvalue weighted by molar-refractivity contribution is 6.99. The summed E-state index contributed by atoms with van der Waals surface area (Å²) in [5.74, 6) is -0.806. The van der Waals surface area contributed by atoms with Crippen molar-refractivity contribution in [2.24, 2.45) is 0 Å². The Kier molecular flexibility index (Phi) is 19.4. The van der Waals surface area contributed by atoms with Crippen LogP contribution in [-0.4, -0.2) is 87.2 Å². The molecule has 0 radical (unpaired) electrons. The zero-order valence-electron chi connectivity index (χ0n) is 44.1. The van der Waals surface area contributed by atoms with Gasteiger partial charge in [-0.25, -0.2) is 4.79 Å². The fraction of sp³-hybridized carbons (Fsp3) is 0.292. The second-order valence-corrected chi connectivity index (χ2v) is 24.5. The summed E-state index contributed by atoms with van der Waals surface area (Å²) in [6, 6.07) is 64.8. The molecule has 0 heterocycles. The molecule has 7 aromatic rings. The van der Waals surface area contributed by atoms with Gasteiger partial charge in [0.25, 0.3) is 8.32 Å². The average molecular weight is 1040 g/mol. The second-order valence-electron chi connectivity index (χ2n) is 20.1. The first-order valence-electron chi connectivity index (χ1n) is 26.3. The molecule has 0 aromatic heterocycles. The average Bonchev–Trinajstić information content (AvgIpc) is 3.79. The molecule has 76 heavy (non-hydrogen) atoms. The minimum absolute atomic E-state index is 0.0250. The van der Waals surface area contributed by atoms with Gasteiger partial charge in [0.15, 0.2) is 0 Å². The molecular formula is C65H71NO9Si. The number of carbonyl (C=O) groups is 2. The third-order valence-corrected chi connectivity index (χ3v) is 19.1. The lowest BCUT2D eigenvalue weighted by molar-refractivity contribution is -0.196. The Labute approximate surface area is 450 Å². The number of fused-ring (bicyclic) bond motifs is 3. The summed E-state index contributed by atoms with van der Waals surface area (Å²) in [6.07, 6.45) is -4.33. The molecule has 11 heteroatoms. The van der Waals surface area contributed by atoms with Crippen LogP contribution in [0.25, 0.3) is 11.1 Å². The molecule has 0 spiro atoms. The topological polar surface area (TPSA) is 113 Å². The quantitative estimate of drug-likeness (QED) is 0.0322. The first-order valence-corrected chi connectivity index (χ1v) is 28.2. The zero-order valence-corrected chi connectivity index (χ0v) is 45.1. The molecule has 1 amide bonds. The van der Waals surface area contributed by atoms with Crippen LogP contribution >= 0.6 is 0 Å². The summed E-state index contributed by atoms with van der Waals surface area (Å²) < 4.78 is 40.9. The fourth-order valence-corrected chi connectivity index (χ4v) is 15.1. The zero-order chi connectivity index (χ0) is 53.3. The van der Waals surface area contributed by atoms with Crippen molar-refractivity contribution in [1.29, 1.82) is 0 Å². The Morgan fingerprint density at radius 2 is 1.01 bits per heavy atom. The predicted molar refractivity (Wildman–Crippen MR) is 302 cm³/mol. The highest BCUT2D eigenvalue weighted by Gasteiger charge is 2.52. The van der Waals surface area contributed by atoms with Crippen molar-refractivity contribution in [3.8, 4) is 11.1 Å². The van der Waals surface area contributed by atoms with Crippen LogP contribution < -0.4 is 10.4 Å². The number of amides is 1.